The fraction of sp³-hybridized carbons (Fsp3) is 0.630. The van der Waals surface area contributed by atoms with Gasteiger partial charge in [-0.3, -0.25) is 14.5 Å². The van der Waals surface area contributed by atoms with Crippen LogP contribution in [-0.4, -0.2) is 88.5 Å². The van der Waals surface area contributed by atoms with E-state index in [0.717, 1.165) is 11.3 Å². The number of carboxylic acid groups (broad SMARTS) is 1. The van der Waals surface area contributed by atoms with Crippen LogP contribution < -0.4 is 9.47 Å². The molecular weight excluding hydrogens is 476 g/mol. The minimum atomic E-state index is -1.12. The molecule has 37 heavy (non-hydrogen) atoms. The summed E-state index contributed by atoms with van der Waals surface area (Å²) in [6, 6.07) is 4.65. The first-order valence-electron chi connectivity index (χ1n) is 12.7. The molecule has 0 saturated carbocycles. The highest BCUT2D eigenvalue weighted by atomic mass is 16.5. The number of rotatable bonds is 6. The number of hydrazone groups is 1. The molecule has 1 aromatic carbocycles. The standard InChI is InChI=1S/C27H40N4O6/c1-17(30(25(34)35)26(2,3)4)23(32)29-13-11-19(12-14-29)31-24(33)27(5,6)16-20(28-31)18-9-10-21(36-7)22(15-18)37-8/h9-10,15,17,19H,11-14,16H2,1-8H3,(H,34,35)/t17-/m1/s1. The Morgan fingerprint density at radius 1 is 1.14 bits per heavy atom. The molecule has 0 unspecified atom stereocenters. The van der Waals surface area contributed by atoms with Crippen molar-refractivity contribution >= 4 is 23.6 Å². The van der Waals surface area contributed by atoms with Crippen LogP contribution in [0.5, 0.6) is 11.5 Å². The predicted molar refractivity (Wildman–Crippen MR) is 140 cm³/mol. The van der Waals surface area contributed by atoms with Crippen molar-refractivity contribution in [2.45, 2.75) is 78.4 Å². The average molecular weight is 517 g/mol. The second kappa shape index (κ2) is 10.6. The number of likely N-dealkylation sites (tertiary alicyclic amines) is 1. The summed E-state index contributed by atoms with van der Waals surface area (Å²) in [6.07, 6.45) is 0.489. The lowest BCUT2D eigenvalue weighted by Gasteiger charge is -2.43. The highest BCUT2D eigenvalue weighted by Gasteiger charge is 2.43. The van der Waals surface area contributed by atoms with Gasteiger partial charge in [-0.15, -0.1) is 0 Å². The summed E-state index contributed by atoms with van der Waals surface area (Å²) in [5.41, 5.74) is 0.307. The van der Waals surface area contributed by atoms with Crippen LogP contribution in [0.2, 0.25) is 0 Å². The maximum atomic E-state index is 13.4. The molecule has 0 aliphatic carbocycles. The van der Waals surface area contributed by atoms with E-state index >= 15 is 0 Å². The smallest absolute Gasteiger partial charge is 0.408 e. The van der Waals surface area contributed by atoms with E-state index in [0.29, 0.717) is 43.9 Å². The number of hydrogen-bond donors (Lipinski definition) is 1. The SMILES string of the molecule is COc1ccc(C2=NN(C3CCN(C(=O)[C@@H](C)N(C(=O)O)C(C)(C)C)CC3)C(=O)C(C)(C)C2)cc1OC. The molecule has 0 spiro atoms. The van der Waals surface area contributed by atoms with Crippen LogP contribution in [0, 0.1) is 5.41 Å². The zero-order valence-electron chi connectivity index (χ0n) is 23.2. The van der Waals surface area contributed by atoms with Crippen LogP contribution in [0.1, 0.15) is 66.4 Å². The number of methoxy groups -OCH3 is 2. The Balaban J connectivity index is 1.79. The van der Waals surface area contributed by atoms with Gasteiger partial charge in [0.25, 0.3) is 0 Å². The first-order valence-corrected chi connectivity index (χ1v) is 12.7. The fourth-order valence-electron chi connectivity index (χ4n) is 5.18. The molecule has 0 bridgehead atoms. The van der Waals surface area contributed by atoms with E-state index in [2.05, 4.69) is 0 Å². The maximum absolute atomic E-state index is 13.4. The van der Waals surface area contributed by atoms with Gasteiger partial charge in [0.2, 0.25) is 11.8 Å². The Kier molecular flexibility index (Phi) is 8.09. The molecule has 1 fully saturated rings. The number of carbonyl (C=O) groups is 3. The number of piperidine rings is 1. The molecule has 2 aliphatic heterocycles. The van der Waals surface area contributed by atoms with Gasteiger partial charge in [-0.05, 0) is 58.7 Å². The van der Waals surface area contributed by atoms with Crippen molar-refractivity contribution in [3.63, 3.8) is 0 Å². The van der Waals surface area contributed by atoms with Crippen LogP contribution in [-0.2, 0) is 9.59 Å². The number of ether oxygens (including phenoxy) is 2. The van der Waals surface area contributed by atoms with Gasteiger partial charge in [-0.2, -0.15) is 5.10 Å². The predicted octanol–water partition coefficient (Wildman–Crippen LogP) is 3.82. The van der Waals surface area contributed by atoms with Crippen molar-refractivity contribution < 1.29 is 29.0 Å². The number of carbonyl (C=O) groups excluding carboxylic acids is 2. The summed E-state index contributed by atoms with van der Waals surface area (Å²) in [5, 5.41) is 16.1. The van der Waals surface area contributed by atoms with Crippen LogP contribution >= 0.6 is 0 Å². The molecule has 3 rings (SSSR count). The van der Waals surface area contributed by atoms with Gasteiger partial charge < -0.3 is 19.5 Å². The number of amides is 3. The Hall–Kier alpha value is -3.30. The molecule has 10 heteroatoms. The summed E-state index contributed by atoms with van der Waals surface area (Å²) in [6.45, 7) is 11.6. The summed E-state index contributed by atoms with van der Waals surface area (Å²) in [5.74, 6) is 0.944. The zero-order valence-corrected chi connectivity index (χ0v) is 23.2. The van der Waals surface area contributed by atoms with Gasteiger partial charge >= 0.3 is 6.09 Å². The van der Waals surface area contributed by atoms with E-state index in [4.69, 9.17) is 14.6 Å². The van der Waals surface area contributed by atoms with Crippen LogP contribution in [0.15, 0.2) is 23.3 Å². The topological polar surface area (TPSA) is 112 Å². The van der Waals surface area contributed by atoms with Crippen molar-refractivity contribution in [1.82, 2.24) is 14.8 Å². The molecule has 2 aliphatic rings. The monoisotopic (exact) mass is 516 g/mol. The molecule has 1 saturated heterocycles. The van der Waals surface area contributed by atoms with Crippen molar-refractivity contribution in [3.8, 4) is 11.5 Å². The molecule has 204 valence electrons. The van der Waals surface area contributed by atoms with Gasteiger partial charge in [0.1, 0.15) is 6.04 Å². The number of benzene rings is 1. The van der Waals surface area contributed by atoms with E-state index < -0.39 is 23.1 Å². The molecule has 2 heterocycles. The maximum Gasteiger partial charge on any atom is 0.408 e. The summed E-state index contributed by atoms with van der Waals surface area (Å²) in [4.78, 5) is 41.3. The van der Waals surface area contributed by atoms with Gasteiger partial charge in [0.15, 0.2) is 11.5 Å². The molecule has 10 nitrogen and oxygen atoms in total. The Morgan fingerprint density at radius 3 is 2.24 bits per heavy atom. The lowest BCUT2D eigenvalue weighted by molar-refractivity contribution is -0.146. The first kappa shape index (κ1) is 28.3. The third kappa shape index (κ3) is 5.83. The fourth-order valence-corrected chi connectivity index (χ4v) is 5.18. The molecule has 1 atom stereocenters. The molecular formula is C27H40N4O6. The van der Waals surface area contributed by atoms with Crippen molar-refractivity contribution in [1.29, 1.82) is 0 Å². The molecule has 0 aromatic heterocycles. The summed E-state index contributed by atoms with van der Waals surface area (Å²) in [7, 11) is 3.16. The first-order chi connectivity index (χ1) is 17.2. The van der Waals surface area contributed by atoms with Crippen LogP contribution in [0.4, 0.5) is 4.79 Å². The van der Waals surface area contributed by atoms with Crippen molar-refractivity contribution in [2.24, 2.45) is 10.5 Å². The molecule has 0 radical (unpaired) electrons. The molecule has 1 aromatic rings. The van der Waals surface area contributed by atoms with E-state index in [1.807, 2.05) is 32.0 Å². The van der Waals surface area contributed by atoms with Gasteiger partial charge in [-0.1, -0.05) is 13.8 Å². The Bertz CT molecular complexity index is 1070. The second-order valence-electron chi connectivity index (χ2n) is 11.4. The Morgan fingerprint density at radius 2 is 1.73 bits per heavy atom. The van der Waals surface area contributed by atoms with Crippen LogP contribution in [0.25, 0.3) is 0 Å². The lowest BCUT2D eigenvalue weighted by atomic mass is 9.82. The van der Waals surface area contributed by atoms with E-state index in [9.17, 15) is 19.5 Å². The number of nitrogens with zero attached hydrogens (tertiary/aromatic N) is 4. The highest BCUT2D eigenvalue weighted by molar-refractivity contribution is 6.06. The minimum Gasteiger partial charge on any atom is -0.493 e. The van der Waals surface area contributed by atoms with E-state index in [1.54, 1.807) is 51.8 Å². The minimum absolute atomic E-state index is 0.0420. The van der Waals surface area contributed by atoms with Gasteiger partial charge in [0.05, 0.1) is 31.4 Å². The second-order valence-corrected chi connectivity index (χ2v) is 11.4. The average Bonchev–Trinajstić information content (AvgIpc) is 2.83. The largest absolute Gasteiger partial charge is 0.493 e. The summed E-state index contributed by atoms with van der Waals surface area (Å²) >= 11 is 0. The van der Waals surface area contributed by atoms with Crippen molar-refractivity contribution in [3.05, 3.63) is 23.8 Å². The third-order valence-electron chi connectivity index (χ3n) is 7.14. The molecule has 1 N–H and O–H groups in total. The zero-order chi connectivity index (χ0) is 27.7. The van der Waals surface area contributed by atoms with Gasteiger partial charge in [0, 0.05) is 30.6 Å². The van der Waals surface area contributed by atoms with Gasteiger partial charge in [-0.25, -0.2) is 9.80 Å². The number of hydrogen-bond acceptors (Lipinski definition) is 6. The highest BCUT2D eigenvalue weighted by Crippen LogP contribution is 2.36. The molecule has 3 amide bonds. The van der Waals surface area contributed by atoms with Crippen molar-refractivity contribution in [2.75, 3.05) is 27.3 Å². The Labute approximate surface area is 219 Å². The van der Waals surface area contributed by atoms with E-state index in [-0.39, 0.29) is 17.9 Å². The van der Waals surface area contributed by atoms with E-state index in [1.165, 1.54) is 4.90 Å². The summed E-state index contributed by atoms with van der Waals surface area (Å²) < 4.78 is 10.8. The third-order valence-corrected chi connectivity index (χ3v) is 7.14. The van der Waals surface area contributed by atoms with Crippen LogP contribution in [0.3, 0.4) is 0 Å². The quantitative estimate of drug-likeness (QED) is 0.615. The lowest BCUT2D eigenvalue weighted by Crippen LogP contribution is -2.58. The normalized spacial score (nSPS) is 19.2.